The first kappa shape index (κ1) is 20.6. The van der Waals surface area contributed by atoms with E-state index in [2.05, 4.69) is 32.0 Å². The number of hydrogen-bond donors (Lipinski definition) is 0. The molecule has 0 amide bonds. The molecule has 5 aromatic rings. The van der Waals surface area contributed by atoms with Gasteiger partial charge in [-0.3, -0.25) is 0 Å². The summed E-state index contributed by atoms with van der Waals surface area (Å²) in [5.41, 5.74) is 2.53. The number of pyridine rings is 1. The fraction of sp³-hybridized carbons (Fsp3) is 0. The van der Waals surface area contributed by atoms with Gasteiger partial charge in [0.2, 0.25) is 0 Å². The van der Waals surface area contributed by atoms with Crippen LogP contribution in [-0.4, -0.2) is 9.97 Å². The molecule has 0 atom stereocenters. The van der Waals surface area contributed by atoms with E-state index < -0.39 is 5.63 Å². The van der Waals surface area contributed by atoms with Gasteiger partial charge in [0, 0.05) is 26.2 Å². The molecule has 5 rings (SSSR count). The van der Waals surface area contributed by atoms with E-state index in [4.69, 9.17) is 16.0 Å². The molecule has 0 saturated heterocycles. The first-order valence-corrected chi connectivity index (χ1v) is 11.4. The Morgan fingerprint density at radius 3 is 2.81 bits per heavy atom. The first-order chi connectivity index (χ1) is 15.5. The van der Waals surface area contributed by atoms with Crippen molar-refractivity contribution in [3.05, 3.63) is 90.6 Å². The fourth-order valence-electron chi connectivity index (χ4n) is 3.30. The molecule has 0 aliphatic rings. The predicted molar refractivity (Wildman–Crippen MR) is 132 cm³/mol. The molecule has 0 saturated carbocycles. The number of para-hydroxylation sites is 1. The summed E-state index contributed by atoms with van der Waals surface area (Å²) < 4.78 is 6.32. The van der Waals surface area contributed by atoms with Gasteiger partial charge in [0.1, 0.15) is 21.8 Å². The number of nitriles is 1. The summed E-state index contributed by atoms with van der Waals surface area (Å²) in [5, 5.41) is 13.9. The lowest BCUT2D eigenvalue weighted by atomic mass is 10.1. The molecule has 154 valence electrons. The van der Waals surface area contributed by atoms with Crippen molar-refractivity contribution < 1.29 is 4.42 Å². The Morgan fingerprint density at radius 2 is 1.97 bits per heavy atom. The van der Waals surface area contributed by atoms with Crippen molar-refractivity contribution in [3.63, 3.8) is 0 Å². The molecule has 3 aromatic heterocycles. The monoisotopic (exact) mass is 519 g/mol. The lowest BCUT2D eigenvalue weighted by Gasteiger charge is -2.03. The third-order valence-electron chi connectivity index (χ3n) is 4.83. The van der Waals surface area contributed by atoms with Crippen LogP contribution in [0.2, 0.25) is 5.15 Å². The van der Waals surface area contributed by atoms with Gasteiger partial charge in [0.25, 0.3) is 0 Å². The van der Waals surface area contributed by atoms with E-state index >= 15 is 0 Å². The first-order valence-electron chi connectivity index (χ1n) is 9.38. The predicted octanol–water partition coefficient (Wildman–Crippen LogP) is 6.94. The van der Waals surface area contributed by atoms with Gasteiger partial charge in [0.15, 0.2) is 0 Å². The van der Waals surface area contributed by atoms with Crippen LogP contribution in [0.3, 0.4) is 0 Å². The maximum Gasteiger partial charge on any atom is 0.345 e. The number of fused-ring (bicyclic) bond motifs is 2. The Bertz CT molecular complexity index is 1650. The van der Waals surface area contributed by atoms with Crippen LogP contribution in [0.1, 0.15) is 10.6 Å². The topological polar surface area (TPSA) is 79.8 Å². The summed E-state index contributed by atoms with van der Waals surface area (Å²) in [6.45, 7) is 0. The number of allylic oxidation sites excluding steroid dienone is 1. The Kier molecular flexibility index (Phi) is 5.35. The second-order valence-electron chi connectivity index (χ2n) is 6.90. The number of hydrogen-bond acceptors (Lipinski definition) is 6. The zero-order valence-corrected chi connectivity index (χ0v) is 19.3. The molecule has 0 spiro atoms. The van der Waals surface area contributed by atoms with E-state index in [1.54, 1.807) is 29.7 Å². The van der Waals surface area contributed by atoms with Gasteiger partial charge in [-0.05, 0) is 42.5 Å². The maximum absolute atomic E-state index is 12.5. The van der Waals surface area contributed by atoms with Gasteiger partial charge >= 0.3 is 5.63 Å². The van der Waals surface area contributed by atoms with Gasteiger partial charge in [0.05, 0.1) is 22.3 Å². The lowest BCUT2D eigenvalue weighted by molar-refractivity contribution is 0.563. The number of nitrogens with zero attached hydrogens (tertiary/aromatic N) is 3. The van der Waals surface area contributed by atoms with Crippen LogP contribution < -0.4 is 5.63 Å². The molecule has 5 nitrogen and oxygen atoms in total. The summed E-state index contributed by atoms with van der Waals surface area (Å²) in [4.78, 5) is 21.4. The second-order valence-corrected chi connectivity index (χ2v) is 9.03. The Morgan fingerprint density at radius 1 is 1.12 bits per heavy atom. The van der Waals surface area contributed by atoms with E-state index in [0.717, 1.165) is 20.8 Å². The van der Waals surface area contributed by atoms with E-state index in [9.17, 15) is 10.1 Å². The molecule has 0 unspecified atom stereocenters. The standard InChI is InChI=1S/C24H11BrClN3O2S/c25-17-5-6-19-14(9-17)7-15(22(26)28-19)8-16(11-27)23-29-20(12-32-23)18-10-13-3-1-2-4-21(13)31-24(18)30/h1-10,12H/b16-8+. The van der Waals surface area contributed by atoms with E-state index in [-0.39, 0.29) is 0 Å². The summed E-state index contributed by atoms with van der Waals surface area (Å²) in [7, 11) is 0. The quantitative estimate of drug-likeness (QED) is 0.146. The van der Waals surface area contributed by atoms with Crippen molar-refractivity contribution in [2.75, 3.05) is 0 Å². The highest BCUT2D eigenvalue weighted by Gasteiger charge is 2.14. The summed E-state index contributed by atoms with van der Waals surface area (Å²) in [5.74, 6) is 0. The Balaban J connectivity index is 1.57. The van der Waals surface area contributed by atoms with Crippen LogP contribution in [0.4, 0.5) is 0 Å². The fourth-order valence-corrected chi connectivity index (χ4v) is 4.66. The highest BCUT2D eigenvalue weighted by Crippen LogP contribution is 2.30. The molecular weight excluding hydrogens is 510 g/mol. The molecule has 0 aliphatic carbocycles. The summed E-state index contributed by atoms with van der Waals surface area (Å²) >= 11 is 11.1. The largest absolute Gasteiger partial charge is 0.422 e. The third kappa shape index (κ3) is 3.84. The van der Waals surface area contributed by atoms with Crippen LogP contribution in [0.5, 0.6) is 0 Å². The third-order valence-corrected chi connectivity index (χ3v) is 6.50. The number of thiazole rings is 1. The van der Waals surface area contributed by atoms with Crippen molar-refractivity contribution in [3.8, 4) is 17.3 Å². The van der Waals surface area contributed by atoms with Crippen molar-refractivity contribution in [1.82, 2.24) is 9.97 Å². The molecule has 0 N–H and O–H groups in total. The molecular formula is C24H11BrClN3O2S. The van der Waals surface area contributed by atoms with Crippen LogP contribution in [0.15, 0.2) is 73.7 Å². The second kappa shape index (κ2) is 8.32. The van der Waals surface area contributed by atoms with Crippen molar-refractivity contribution in [2.24, 2.45) is 0 Å². The molecule has 8 heteroatoms. The zero-order valence-electron chi connectivity index (χ0n) is 16.2. The Labute approximate surface area is 199 Å². The molecule has 0 radical (unpaired) electrons. The van der Waals surface area contributed by atoms with Crippen molar-refractivity contribution in [2.45, 2.75) is 0 Å². The summed E-state index contributed by atoms with van der Waals surface area (Å²) in [6.07, 6.45) is 1.65. The van der Waals surface area contributed by atoms with Crippen LogP contribution in [0, 0.1) is 11.3 Å². The molecule has 2 aromatic carbocycles. The van der Waals surface area contributed by atoms with Gasteiger partial charge in [-0.15, -0.1) is 11.3 Å². The van der Waals surface area contributed by atoms with Crippen LogP contribution in [0.25, 0.3) is 44.8 Å². The minimum Gasteiger partial charge on any atom is -0.422 e. The zero-order chi connectivity index (χ0) is 22.2. The number of halogens is 2. The highest BCUT2D eigenvalue weighted by molar-refractivity contribution is 9.10. The van der Waals surface area contributed by atoms with Crippen LogP contribution in [-0.2, 0) is 0 Å². The van der Waals surface area contributed by atoms with Gasteiger partial charge < -0.3 is 4.42 Å². The molecule has 0 aliphatic heterocycles. The molecule has 3 heterocycles. The van der Waals surface area contributed by atoms with E-state index in [1.165, 1.54) is 11.3 Å². The van der Waals surface area contributed by atoms with Gasteiger partial charge in [-0.25, -0.2) is 14.8 Å². The van der Waals surface area contributed by atoms with E-state index in [1.807, 2.05) is 36.4 Å². The smallest absolute Gasteiger partial charge is 0.345 e. The molecule has 32 heavy (non-hydrogen) atoms. The van der Waals surface area contributed by atoms with Crippen molar-refractivity contribution >= 4 is 72.4 Å². The number of benzene rings is 2. The molecule has 0 bridgehead atoms. The minimum atomic E-state index is -0.476. The van der Waals surface area contributed by atoms with E-state index in [0.29, 0.717) is 38.1 Å². The number of aromatic nitrogens is 2. The minimum absolute atomic E-state index is 0.291. The highest BCUT2D eigenvalue weighted by atomic mass is 79.9. The number of rotatable bonds is 3. The average Bonchev–Trinajstić information content (AvgIpc) is 3.27. The lowest BCUT2D eigenvalue weighted by Crippen LogP contribution is -2.02. The Hall–Kier alpha value is -3.31. The van der Waals surface area contributed by atoms with Crippen molar-refractivity contribution in [1.29, 1.82) is 5.26 Å². The normalized spacial score (nSPS) is 11.7. The maximum atomic E-state index is 12.5. The SMILES string of the molecule is N#C/C(=C\c1cc2cc(Br)ccc2nc1Cl)c1nc(-c2cc3ccccc3oc2=O)cs1. The molecule has 0 fully saturated rings. The van der Waals surface area contributed by atoms with Crippen LogP contribution >= 0.6 is 38.9 Å². The van der Waals surface area contributed by atoms with Gasteiger partial charge in [-0.2, -0.15) is 5.26 Å². The van der Waals surface area contributed by atoms with Gasteiger partial charge in [-0.1, -0.05) is 45.7 Å². The summed E-state index contributed by atoms with van der Waals surface area (Å²) in [6, 6.07) is 18.8. The average molecular weight is 521 g/mol.